The molecule has 7 aromatic carbocycles. The van der Waals surface area contributed by atoms with Crippen molar-refractivity contribution >= 4 is 33.2 Å². The maximum Gasteiger partial charge on any atom is 0.137 e. The topological polar surface area (TPSA) is 33.5 Å². The lowest BCUT2D eigenvalue weighted by molar-refractivity contribution is 0.444. The average molecular weight is 1020 g/mol. The van der Waals surface area contributed by atoms with Crippen LogP contribution in [-0.2, 0) is 21.7 Å². The van der Waals surface area contributed by atoms with E-state index in [1.54, 1.807) is 0 Å². The maximum absolute atomic E-state index is 7.49. The fourth-order valence-corrected chi connectivity index (χ4v) is 11.7. The summed E-state index contributed by atoms with van der Waals surface area (Å²) in [6.45, 7) is 38.2. The van der Waals surface area contributed by atoms with Crippen LogP contribution in [0.3, 0.4) is 0 Å². The van der Waals surface area contributed by atoms with Crippen LogP contribution >= 0.6 is 0 Å². The molecule has 5 nitrogen and oxygen atoms in total. The maximum atomic E-state index is 7.49. The minimum atomic E-state index is -0.415. The Kier molecular flexibility index (Phi) is 13.3. The van der Waals surface area contributed by atoms with Gasteiger partial charge in [-0.1, -0.05) is 226 Å². The molecule has 0 bridgehead atoms. The van der Waals surface area contributed by atoms with E-state index in [0.29, 0.717) is 6.67 Å². The van der Waals surface area contributed by atoms with E-state index in [2.05, 4.69) is 301 Å². The lowest BCUT2D eigenvalue weighted by Gasteiger charge is -2.35. The molecule has 0 saturated heterocycles. The molecule has 0 unspecified atom stereocenters. The number of hydrogen-bond donors (Lipinski definition) is 0. The summed E-state index contributed by atoms with van der Waals surface area (Å²) in [5, 5.41) is 2.36. The standard InChI is InChI=1S/C72H80N4O/c1-67(2,3)53-40-54(68(4,5)6)42-56(41-53)75-47-74(65(69(7,8)9)66(75)70(10,11)12)55-38-49(48-28-20-17-21-29-48)39-57(44-55)77-58-45-60(72(15,16)51-32-24-19-25-33-51)64-59-34-26-27-35-61(59)76(62(64)46-58)63-43-52(36-37-73-63)71(13,14)50-30-22-18-23-31-50/h17-46H,47H2,1-16H3. The van der Waals surface area contributed by atoms with Gasteiger partial charge in [0.15, 0.2) is 0 Å². The van der Waals surface area contributed by atoms with Gasteiger partial charge in [0.1, 0.15) is 17.3 Å². The largest absolute Gasteiger partial charge is 0.457 e. The SMILES string of the molecule is CC(C)(C)C1=C(C(C)(C)C)N(c2cc(C(C)(C)C)cc(C(C)(C)C)c2)CN1c1cc(Oc2cc(C(C)(C)c3ccccc3)c3c4ccccc4n(-c4cc(C(C)(C)c5ccccc5)ccn4)c3c2)cc(-c2ccccc2)c1. The van der Waals surface area contributed by atoms with Crippen molar-refractivity contribution in [3.8, 4) is 28.4 Å². The first kappa shape index (κ1) is 53.0. The van der Waals surface area contributed by atoms with Crippen LogP contribution in [0.5, 0.6) is 11.5 Å². The second kappa shape index (κ2) is 19.3. The van der Waals surface area contributed by atoms with Crippen LogP contribution in [0, 0.1) is 10.8 Å². The molecule has 2 aromatic heterocycles. The highest BCUT2D eigenvalue weighted by Crippen LogP contribution is 2.51. The molecule has 1 aliphatic heterocycles. The molecule has 9 aromatic rings. The lowest BCUT2D eigenvalue weighted by Crippen LogP contribution is -2.32. The minimum Gasteiger partial charge on any atom is -0.457 e. The van der Waals surface area contributed by atoms with E-state index in [0.717, 1.165) is 45.2 Å². The predicted octanol–water partition coefficient (Wildman–Crippen LogP) is 19.5. The number of benzene rings is 7. The Hall–Kier alpha value is -7.37. The molecule has 0 saturated carbocycles. The Bertz CT molecular complexity index is 3630. The van der Waals surface area contributed by atoms with Gasteiger partial charge >= 0.3 is 0 Å². The summed E-state index contributed by atoms with van der Waals surface area (Å²) in [4.78, 5) is 10.4. The van der Waals surface area contributed by atoms with E-state index >= 15 is 0 Å². The number of anilines is 2. The average Bonchev–Trinajstić information content (AvgIpc) is 4.06. The van der Waals surface area contributed by atoms with Crippen molar-refractivity contribution in [2.24, 2.45) is 10.8 Å². The highest BCUT2D eigenvalue weighted by Gasteiger charge is 2.43. The van der Waals surface area contributed by atoms with Crippen molar-refractivity contribution < 1.29 is 4.74 Å². The molecule has 0 N–H and O–H groups in total. The van der Waals surface area contributed by atoms with Gasteiger partial charge in [-0.15, -0.1) is 0 Å². The number of ether oxygens (including phenoxy) is 1. The van der Waals surface area contributed by atoms with Crippen molar-refractivity contribution in [3.05, 3.63) is 227 Å². The summed E-state index contributed by atoms with van der Waals surface area (Å²) in [5.41, 5.74) is 15.7. The van der Waals surface area contributed by atoms with E-state index in [1.165, 1.54) is 61.2 Å². The number of aromatic nitrogens is 2. The highest BCUT2D eigenvalue weighted by atomic mass is 16.5. The van der Waals surface area contributed by atoms with Gasteiger partial charge in [0.05, 0.1) is 17.7 Å². The summed E-state index contributed by atoms with van der Waals surface area (Å²) in [7, 11) is 0. The first-order valence-electron chi connectivity index (χ1n) is 27.7. The first-order valence-corrected chi connectivity index (χ1v) is 27.7. The quantitative estimate of drug-likeness (QED) is 0.137. The molecule has 0 atom stereocenters. The molecular weight excluding hydrogens is 937 g/mol. The number of hydrogen-bond acceptors (Lipinski definition) is 4. The molecule has 10 rings (SSSR count). The number of fused-ring (bicyclic) bond motifs is 3. The molecule has 77 heavy (non-hydrogen) atoms. The van der Waals surface area contributed by atoms with Crippen LogP contribution in [0.15, 0.2) is 194 Å². The molecule has 1 aliphatic rings. The fraction of sp³-hybridized carbons (Fsp3) is 0.319. The normalized spacial score (nSPS) is 14.1. The molecule has 0 fully saturated rings. The number of allylic oxidation sites excluding steroid dienone is 2. The van der Waals surface area contributed by atoms with Crippen LogP contribution in [0.1, 0.15) is 144 Å². The van der Waals surface area contributed by atoms with Crippen LogP contribution in [-0.4, -0.2) is 16.2 Å². The van der Waals surface area contributed by atoms with Gasteiger partial charge in [-0.2, -0.15) is 0 Å². The summed E-state index contributed by atoms with van der Waals surface area (Å²) >= 11 is 0. The van der Waals surface area contributed by atoms with Crippen molar-refractivity contribution in [3.63, 3.8) is 0 Å². The smallest absolute Gasteiger partial charge is 0.137 e. The Morgan fingerprint density at radius 2 is 0.896 bits per heavy atom. The molecule has 0 aliphatic carbocycles. The van der Waals surface area contributed by atoms with Gasteiger partial charge in [-0.05, 0) is 104 Å². The zero-order chi connectivity index (χ0) is 55.0. The van der Waals surface area contributed by atoms with Gasteiger partial charge in [0, 0.05) is 73.5 Å². The van der Waals surface area contributed by atoms with Crippen LogP contribution in [0.2, 0.25) is 0 Å². The summed E-state index contributed by atoms with van der Waals surface area (Å²) < 4.78 is 9.84. The van der Waals surface area contributed by atoms with Crippen LogP contribution < -0.4 is 14.5 Å². The predicted molar refractivity (Wildman–Crippen MR) is 327 cm³/mol. The van der Waals surface area contributed by atoms with E-state index in [9.17, 15) is 0 Å². The van der Waals surface area contributed by atoms with Gasteiger partial charge in [-0.3, -0.25) is 4.57 Å². The molecule has 3 heterocycles. The minimum absolute atomic E-state index is 0.0302. The highest BCUT2D eigenvalue weighted by molar-refractivity contribution is 6.12. The summed E-state index contributed by atoms with van der Waals surface area (Å²) in [6, 6.07) is 64.4. The van der Waals surface area contributed by atoms with Crippen molar-refractivity contribution in [1.29, 1.82) is 0 Å². The van der Waals surface area contributed by atoms with Gasteiger partial charge in [0.2, 0.25) is 0 Å². The number of rotatable bonds is 10. The Balaban J connectivity index is 1.19. The Morgan fingerprint density at radius 3 is 1.45 bits per heavy atom. The molecular formula is C72H80N4O. The third kappa shape index (κ3) is 10.1. The van der Waals surface area contributed by atoms with Crippen molar-refractivity contribution in [2.75, 3.05) is 16.5 Å². The molecule has 5 heteroatoms. The van der Waals surface area contributed by atoms with Crippen LogP contribution in [0.4, 0.5) is 11.4 Å². The molecule has 394 valence electrons. The Labute approximate surface area is 460 Å². The summed E-state index contributed by atoms with van der Waals surface area (Å²) in [6.07, 6.45) is 1.97. The van der Waals surface area contributed by atoms with E-state index in [4.69, 9.17) is 9.72 Å². The van der Waals surface area contributed by atoms with Crippen molar-refractivity contribution in [1.82, 2.24) is 9.55 Å². The number of nitrogens with zero attached hydrogens (tertiary/aromatic N) is 4. The zero-order valence-electron chi connectivity index (χ0n) is 48.7. The molecule has 0 spiro atoms. The van der Waals surface area contributed by atoms with Crippen molar-refractivity contribution in [2.45, 2.75) is 132 Å². The first-order chi connectivity index (χ1) is 36.2. The molecule has 0 radical (unpaired) electrons. The summed E-state index contributed by atoms with van der Waals surface area (Å²) in [5.74, 6) is 2.39. The van der Waals surface area contributed by atoms with Gasteiger partial charge in [0.25, 0.3) is 0 Å². The second-order valence-corrected chi connectivity index (χ2v) is 26.7. The van der Waals surface area contributed by atoms with E-state index in [1.807, 2.05) is 6.20 Å². The third-order valence-electron chi connectivity index (χ3n) is 16.1. The fourth-order valence-electron chi connectivity index (χ4n) is 11.7. The monoisotopic (exact) mass is 1020 g/mol. The van der Waals surface area contributed by atoms with E-state index < -0.39 is 5.41 Å². The third-order valence-corrected chi connectivity index (χ3v) is 16.1. The number of para-hydroxylation sites is 1. The van der Waals surface area contributed by atoms with Crippen LogP contribution in [0.25, 0.3) is 38.8 Å². The number of pyridine rings is 1. The van der Waals surface area contributed by atoms with Gasteiger partial charge < -0.3 is 14.5 Å². The lowest BCUT2D eigenvalue weighted by atomic mass is 9.76. The second-order valence-electron chi connectivity index (χ2n) is 26.7. The Morgan fingerprint density at radius 1 is 0.390 bits per heavy atom. The van der Waals surface area contributed by atoms with Gasteiger partial charge in [-0.25, -0.2) is 4.98 Å². The molecule has 0 amide bonds. The zero-order valence-corrected chi connectivity index (χ0v) is 48.7. The van der Waals surface area contributed by atoms with E-state index in [-0.39, 0.29) is 27.1 Å².